The maximum atomic E-state index is 13.9. The number of aryl methyl sites for hydroxylation is 1. The molecule has 0 unspecified atom stereocenters. The van der Waals surface area contributed by atoms with E-state index in [2.05, 4.69) is 5.32 Å². The molecule has 0 radical (unpaired) electrons. The Morgan fingerprint density at radius 2 is 1.61 bits per heavy atom. The predicted octanol–water partition coefficient (Wildman–Crippen LogP) is 6.28. The molecule has 0 spiro atoms. The van der Waals surface area contributed by atoms with Crippen LogP contribution in [0.4, 0.5) is 0 Å². The fraction of sp³-hybridized carbons (Fsp3) is 0.355. The lowest BCUT2D eigenvalue weighted by Gasteiger charge is -2.33. The molecule has 2 amide bonds. The highest BCUT2D eigenvalue weighted by Gasteiger charge is 2.32. The van der Waals surface area contributed by atoms with E-state index in [1.165, 1.54) is 6.42 Å². The Bertz CT molecular complexity index is 1160. The summed E-state index contributed by atoms with van der Waals surface area (Å²) in [4.78, 5) is 29.5. The summed E-state index contributed by atoms with van der Waals surface area (Å²) in [5.41, 5.74) is 3.98. The number of amides is 2. The van der Waals surface area contributed by atoms with Crippen LogP contribution in [0.15, 0.2) is 78.9 Å². The number of benzene rings is 3. The van der Waals surface area contributed by atoms with Crippen LogP contribution in [0.3, 0.4) is 0 Å². The molecule has 1 saturated carbocycles. The number of carbonyl (C=O) groups is 2. The van der Waals surface area contributed by atoms with Gasteiger partial charge in [0.05, 0.1) is 6.42 Å². The zero-order valence-corrected chi connectivity index (χ0v) is 21.7. The van der Waals surface area contributed by atoms with Gasteiger partial charge in [-0.15, -0.1) is 0 Å². The Balaban J connectivity index is 1.66. The van der Waals surface area contributed by atoms with Gasteiger partial charge in [-0.2, -0.15) is 0 Å². The van der Waals surface area contributed by atoms with Crippen LogP contribution >= 0.6 is 11.6 Å². The minimum absolute atomic E-state index is 0.0657. The lowest BCUT2D eigenvalue weighted by atomic mass is 9.94. The molecule has 4 nitrogen and oxygen atoms in total. The molecule has 0 aliphatic heterocycles. The highest BCUT2D eigenvalue weighted by Crippen LogP contribution is 2.21. The normalized spacial score (nSPS) is 14.7. The molecule has 3 aromatic rings. The zero-order valence-electron chi connectivity index (χ0n) is 21.0. The van der Waals surface area contributed by atoms with Gasteiger partial charge in [0.25, 0.3) is 0 Å². The van der Waals surface area contributed by atoms with Crippen molar-refractivity contribution in [3.05, 3.63) is 106 Å². The van der Waals surface area contributed by atoms with E-state index in [0.29, 0.717) is 18.0 Å². The molecule has 0 aromatic heterocycles. The van der Waals surface area contributed by atoms with Crippen molar-refractivity contribution in [1.29, 1.82) is 0 Å². The summed E-state index contributed by atoms with van der Waals surface area (Å²) < 4.78 is 0. The van der Waals surface area contributed by atoms with E-state index in [1.54, 1.807) is 4.90 Å². The fourth-order valence-corrected chi connectivity index (χ4v) is 5.22. The SMILES string of the molecule is Cc1ccccc1CC(=O)N(Cc1cccc(Cl)c1)[C@@H](Cc1ccccc1)C(=O)NC1CCCCC1. The lowest BCUT2D eigenvalue weighted by molar-refractivity contribution is -0.141. The van der Waals surface area contributed by atoms with Crippen LogP contribution in [0, 0.1) is 6.92 Å². The van der Waals surface area contributed by atoms with Crippen LogP contribution in [-0.2, 0) is 29.0 Å². The number of hydrogen-bond acceptors (Lipinski definition) is 2. The van der Waals surface area contributed by atoms with Crippen molar-refractivity contribution in [2.75, 3.05) is 0 Å². The van der Waals surface area contributed by atoms with Gasteiger partial charge in [0.15, 0.2) is 0 Å². The van der Waals surface area contributed by atoms with Crippen molar-refractivity contribution in [3.63, 3.8) is 0 Å². The second-order valence-electron chi connectivity index (χ2n) is 9.80. The third-order valence-corrected chi connectivity index (χ3v) is 7.30. The van der Waals surface area contributed by atoms with Crippen LogP contribution in [0.25, 0.3) is 0 Å². The molecule has 1 aliphatic rings. The highest BCUT2D eigenvalue weighted by molar-refractivity contribution is 6.30. The maximum Gasteiger partial charge on any atom is 0.243 e. The number of hydrogen-bond donors (Lipinski definition) is 1. The Labute approximate surface area is 219 Å². The molecule has 1 aliphatic carbocycles. The number of nitrogens with zero attached hydrogens (tertiary/aromatic N) is 1. The summed E-state index contributed by atoms with van der Waals surface area (Å²) >= 11 is 6.28. The number of carbonyl (C=O) groups excluding carboxylic acids is 2. The van der Waals surface area contributed by atoms with Gasteiger partial charge in [0.1, 0.15) is 6.04 Å². The molecule has 1 N–H and O–H groups in total. The van der Waals surface area contributed by atoms with Gasteiger partial charge in [-0.25, -0.2) is 0 Å². The molecule has 1 fully saturated rings. The molecule has 1 atom stereocenters. The smallest absolute Gasteiger partial charge is 0.243 e. The van der Waals surface area contributed by atoms with Gasteiger partial charge in [0.2, 0.25) is 11.8 Å². The Morgan fingerprint density at radius 1 is 0.917 bits per heavy atom. The molecule has 0 heterocycles. The summed E-state index contributed by atoms with van der Waals surface area (Å²) in [7, 11) is 0. The first-order chi connectivity index (χ1) is 17.5. The second-order valence-corrected chi connectivity index (χ2v) is 10.2. The van der Waals surface area contributed by atoms with Gasteiger partial charge in [-0.1, -0.05) is 97.6 Å². The minimum atomic E-state index is -0.621. The van der Waals surface area contributed by atoms with E-state index in [-0.39, 0.29) is 24.3 Å². The van der Waals surface area contributed by atoms with Crippen LogP contribution < -0.4 is 5.32 Å². The van der Waals surface area contributed by atoms with Crippen LogP contribution in [-0.4, -0.2) is 28.8 Å². The van der Waals surface area contributed by atoms with Crippen LogP contribution in [0.5, 0.6) is 0 Å². The molecule has 0 saturated heterocycles. The summed E-state index contributed by atoms with van der Waals surface area (Å²) in [6.45, 7) is 2.34. The van der Waals surface area contributed by atoms with Crippen LogP contribution in [0.2, 0.25) is 5.02 Å². The van der Waals surface area contributed by atoms with E-state index < -0.39 is 6.04 Å². The van der Waals surface area contributed by atoms with E-state index >= 15 is 0 Å². The molecule has 0 bridgehead atoms. The van der Waals surface area contributed by atoms with Crippen molar-refractivity contribution in [1.82, 2.24) is 10.2 Å². The van der Waals surface area contributed by atoms with Gasteiger partial charge >= 0.3 is 0 Å². The fourth-order valence-electron chi connectivity index (χ4n) is 5.00. The van der Waals surface area contributed by atoms with E-state index in [4.69, 9.17) is 11.6 Å². The second kappa shape index (κ2) is 12.7. The Hall–Kier alpha value is -3.11. The largest absolute Gasteiger partial charge is 0.352 e. The number of halogens is 1. The van der Waals surface area contributed by atoms with Crippen molar-refractivity contribution < 1.29 is 9.59 Å². The Morgan fingerprint density at radius 3 is 2.33 bits per heavy atom. The third kappa shape index (κ3) is 7.20. The monoisotopic (exact) mass is 502 g/mol. The van der Waals surface area contributed by atoms with E-state index in [9.17, 15) is 9.59 Å². The maximum absolute atomic E-state index is 13.9. The molecular weight excluding hydrogens is 468 g/mol. The first-order valence-electron chi connectivity index (χ1n) is 12.9. The average Bonchev–Trinajstić information content (AvgIpc) is 2.88. The van der Waals surface area contributed by atoms with Crippen molar-refractivity contribution in [2.24, 2.45) is 0 Å². The molecule has 5 heteroatoms. The third-order valence-electron chi connectivity index (χ3n) is 7.07. The summed E-state index contributed by atoms with van der Waals surface area (Å²) in [5.74, 6) is -0.144. The molecule has 188 valence electrons. The van der Waals surface area contributed by atoms with Gasteiger partial charge in [-0.3, -0.25) is 9.59 Å². The quantitative estimate of drug-likeness (QED) is 0.374. The van der Waals surface area contributed by atoms with Gasteiger partial charge < -0.3 is 10.2 Å². The molecular formula is C31H35ClN2O2. The van der Waals surface area contributed by atoms with Crippen molar-refractivity contribution in [2.45, 2.75) is 70.5 Å². The zero-order chi connectivity index (χ0) is 25.3. The summed E-state index contributed by atoms with van der Waals surface area (Å²) in [5, 5.41) is 3.90. The van der Waals surface area contributed by atoms with Crippen molar-refractivity contribution >= 4 is 23.4 Å². The lowest BCUT2D eigenvalue weighted by Crippen LogP contribution is -2.53. The van der Waals surface area contributed by atoms with Gasteiger partial charge in [0, 0.05) is 24.0 Å². The molecule has 4 rings (SSSR count). The van der Waals surface area contributed by atoms with Gasteiger partial charge in [-0.05, 0) is 54.2 Å². The first kappa shape index (κ1) is 26.0. The highest BCUT2D eigenvalue weighted by atomic mass is 35.5. The van der Waals surface area contributed by atoms with E-state index in [0.717, 1.165) is 47.9 Å². The topological polar surface area (TPSA) is 49.4 Å². The van der Waals surface area contributed by atoms with E-state index in [1.807, 2.05) is 85.8 Å². The molecule has 36 heavy (non-hydrogen) atoms. The summed E-state index contributed by atoms with van der Waals surface area (Å²) in [6, 6.07) is 25.0. The minimum Gasteiger partial charge on any atom is -0.352 e. The predicted molar refractivity (Wildman–Crippen MR) is 146 cm³/mol. The first-order valence-corrected chi connectivity index (χ1v) is 13.3. The molecule has 3 aromatic carbocycles. The summed E-state index contributed by atoms with van der Waals surface area (Å²) in [6.07, 6.45) is 6.17. The Kier molecular flexibility index (Phi) is 9.18. The average molecular weight is 503 g/mol. The number of nitrogens with one attached hydrogen (secondary N) is 1. The van der Waals surface area contributed by atoms with Crippen LogP contribution in [0.1, 0.15) is 54.4 Å². The van der Waals surface area contributed by atoms with Crippen molar-refractivity contribution in [3.8, 4) is 0 Å². The number of rotatable bonds is 9. The standard InChI is InChI=1S/C31H35ClN2O2/c1-23-11-8-9-15-26(23)21-30(35)34(22-25-14-10-16-27(32)19-25)29(20-24-12-4-2-5-13-24)31(36)33-28-17-6-3-7-18-28/h2,4-5,8-16,19,28-29H,3,6-7,17-18,20-22H2,1H3,(H,33,36)/t29-/m0/s1.